The third-order valence-electron chi connectivity index (χ3n) is 6.36. The fraction of sp³-hybridized carbons (Fsp3) is 0.619. The van der Waals surface area contributed by atoms with E-state index in [4.69, 9.17) is 11.0 Å². The van der Waals surface area contributed by atoms with Crippen molar-refractivity contribution in [3.05, 3.63) is 29.6 Å². The van der Waals surface area contributed by atoms with Gasteiger partial charge in [-0.1, -0.05) is 12.8 Å². The van der Waals surface area contributed by atoms with Gasteiger partial charge in [-0.3, -0.25) is 9.69 Å². The molecular weight excluding hydrogens is 381 g/mol. The number of piperazine rings is 1. The Balaban J connectivity index is 1.42. The average Bonchev–Trinajstić information content (AvgIpc) is 2.71. The van der Waals surface area contributed by atoms with E-state index in [0.29, 0.717) is 25.1 Å². The average molecular weight is 408 g/mol. The summed E-state index contributed by atoms with van der Waals surface area (Å²) < 4.78 is 40.5. The van der Waals surface area contributed by atoms with Gasteiger partial charge >= 0.3 is 0 Å². The Morgan fingerprint density at radius 3 is 2.28 bits per heavy atom. The van der Waals surface area contributed by atoms with Crippen LogP contribution in [0.5, 0.6) is 0 Å². The normalized spacial score (nSPS) is 24.1. The predicted molar refractivity (Wildman–Crippen MR) is 103 cm³/mol. The molecule has 1 amide bonds. The molecule has 1 unspecified atom stereocenters. The summed E-state index contributed by atoms with van der Waals surface area (Å²) in [6.07, 6.45) is 4.75. The van der Waals surface area contributed by atoms with Gasteiger partial charge in [0.1, 0.15) is 11.7 Å². The van der Waals surface area contributed by atoms with E-state index < -0.39 is 29.3 Å². The number of amides is 1. The topological polar surface area (TPSA) is 73.4 Å². The van der Waals surface area contributed by atoms with E-state index in [1.165, 1.54) is 0 Å². The minimum Gasteiger partial charge on any atom is -0.369 e. The highest BCUT2D eigenvalue weighted by molar-refractivity contribution is 5.79. The van der Waals surface area contributed by atoms with E-state index in [0.717, 1.165) is 57.8 Å². The molecule has 5 nitrogen and oxygen atoms in total. The smallest absolute Gasteiger partial charge is 0.235 e. The molecule has 1 saturated carbocycles. The Bertz CT molecular complexity index is 766. The van der Waals surface area contributed by atoms with Crippen LogP contribution in [0.15, 0.2) is 12.1 Å². The van der Waals surface area contributed by atoms with Crippen molar-refractivity contribution in [2.24, 2.45) is 23.5 Å². The van der Waals surface area contributed by atoms with Gasteiger partial charge in [-0.15, -0.1) is 0 Å². The summed E-state index contributed by atoms with van der Waals surface area (Å²) in [6.45, 7) is 3.55. The van der Waals surface area contributed by atoms with E-state index in [1.54, 1.807) is 4.90 Å². The van der Waals surface area contributed by atoms with Crippen LogP contribution in [0.25, 0.3) is 0 Å². The van der Waals surface area contributed by atoms with Gasteiger partial charge in [0.25, 0.3) is 0 Å². The third kappa shape index (κ3) is 5.21. The minimum absolute atomic E-state index is 0.0725. The minimum atomic E-state index is -1.17. The van der Waals surface area contributed by atoms with Gasteiger partial charge in [-0.05, 0) is 37.6 Å². The molecule has 2 fully saturated rings. The number of anilines is 1. The molecule has 2 aliphatic rings. The van der Waals surface area contributed by atoms with E-state index in [2.05, 4.69) is 4.90 Å². The molecule has 1 atom stereocenters. The number of rotatable bonds is 6. The molecule has 1 heterocycles. The van der Waals surface area contributed by atoms with Gasteiger partial charge in [0.2, 0.25) is 5.91 Å². The van der Waals surface area contributed by atoms with Crippen molar-refractivity contribution < 1.29 is 18.0 Å². The van der Waals surface area contributed by atoms with Crippen LogP contribution < -0.4 is 10.6 Å². The van der Waals surface area contributed by atoms with Crippen molar-refractivity contribution in [1.82, 2.24) is 4.90 Å². The van der Waals surface area contributed by atoms with Crippen LogP contribution in [-0.4, -0.2) is 43.5 Å². The van der Waals surface area contributed by atoms with Gasteiger partial charge in [0, 0.05) is 38.3 Å². The maximum absolute atomic E-state index is 14.0. The first-order chi connectivity index (χ1) is 13.9. The van der Waals surface area contributed by atoms with Crippen LogP contribution in [-0.2, 0) is 4.79 Å². The van der Waals surface area contributed by atoms with Crippen LogP contribution in [0, 0.1) is 46.5 Å². The van der Waals surface area contributed by atoms with E-state index in [-0.39, 0.29) is 11.6 Å². The predicted octanol–water partition coefficient (Wildman–Crippen LogP) is 3.05. The van der Waals surface area contributed by atoms with Crippen LogP contribution >= 0.6 is 0 Å². The molecule has 1 saturated heterocycles. The van der Waals surface area contributed by atoms with Crippen molar-refractivity contribution in [2.45, 2.75) is 32.1 Å². The molecule has 2 N–H and O–H groups in total. The number of hydrogen-bond donors (Lipinski definition) is 1. The highest BCUT2D eigenvalue weighted by atomic mass is 19.2. The van der Waals surface area contributed by atoms with Crippen LogP contribution in [0.4, 0.5) is 18.9 Å². The summed E-state index contributed by atoms with van der Waals surface area (Å²) in [5.41, 5.74) is 5.43. The number of nitriles is 1. The van der Waals surface area contributed by atoms with Gasteiger partial charge in [-0.2, -0.15) is 5.26 Å². The van der Waals surface area contributed by atoms with Gasteiger partial charge in [0.05, 0.1) is 11.8 Å². The quantitative estimate of drug-likeness (QED) is 0.735. The van der Waals surface area contributed by atoms with E-state index in [9.17, 15) is 18.0 Å². The monoisotopic (exact) mass is 408 g/mol. The fourth-order valence-corrected chi connectivity index (χ4v) is 4.54. The second-order valence-corrected chi connectivity index (χ2v) is 8.13. The van der Waals surface area contributed by atoms with Crippen LogP contribution in [0.1, 0.15) is 32.1 Å². The molecule has 158 valence electrons. The van der Waals surface area contributed by atoms with E-state index >= 15 is 0 Å². The second-order valence-electron chi connectivity index (χ2n) is 8.13. The second kappa shape index (κ2) is 9.49. The number of primary amides is 1. The summed E-state index contributed by atoms with van der Waals surface area (Å²) in [6, 6.07) is 3.57. The highest BCUT2D eigenvalue weighted by Gasteiger charge is 2.31. The summed E-state index contributed by atoms with van der Waals surface area (Å²) in [5.74, 6) is -3.50. The molecule has 29 heavy (non-hydrogen) atoms. The number of carbonyl (C=O) groups is 1. The molecule has 1 aliphatic heterocycles. The number of hydrogen-bond acceptors (Lipinski definition) is 4. The van der Waals surface area contributed by atoms with Crippen molar-refractivity contribution in [3.63, 3.8) is 0 Å². The number of nitrogens with two attached hydrogens (primary N) is 1. The first-order valence-corrected chi connectivity index (χ1v) is 10.2. The first kappa shape index (κ1) is 21.4. The van der Waals surface area contributed by atoms with Gasteiger partial charge in [0.15, 0.2) is 11.6 Å². The van der Waals surface area contributed by atoms with Crippen LogP contribution in [0.3, 0.4) is 0 Å². The molecule has 0 radical (unpaired) electrons. The number of benzene rings is 1. The number of halogens is 3. The standard InChI is InChI=1S/C21H27F3N4O/c22-17-11-19(24)20(12-18(17)23)28-9-7-27(8-10-28)6-5-14-1-3-15(4-2-14)16(13-25)21(26)29/h11-12,14-16H,1-10H2,(H2,26,29). The van der Waals surface area contributed by atoms with Gasteiger partial charge in [-0.25, -0.2) is 13.2 Å². The Kier molecular flexibility index (Phi) is 7.01. The summed E-state index contributed by atoms with van der Waals surface area (Å²) in [7, 11) is 0. The van der Waals surface area contributed by atoms with Crippen molar-refractivity contribution >= 4 is 11.6 Å². The first-order valence-electron chi connectivity index (χ1n) is 10.2. The highest BCUT2D eigenvalue weighted by Crippen LogP contribution is 2.35. The molecular formula is C21H27F3N4O. The molecule has 0 spiro atoms. The molecule has 1 aliphatic carbocycles. The maximum atomic E-state index is 14.0. The summed E-state index contributed by atoms with van der Waals surface area (Å²) in [4.78, 5) is 15.4. The van der Waals surface area contributed by atoms with Gasteiger partial charge < -0.3 is 10.6 Å². The molecule has 1 aromatic carbocycles. The SMILES string of the molecule is N#CC(C(N)=O)C1CCC(CCN2CCN(c3cc(F)c(F)cc3F)CC2)CC1. The lowest BCUT2D eigenvalue weighted by Crippen LogP contribution is -2.47. The Morgan fingerprint density at radius 1 is 1.07 bits per heavy atom. The Hall–Kier alpha value is -2.27. The molecule has 0 aromatic heterocycles. The van der Waals surface area contributed by atoms with Crippen LogP contribution in [0.2, 0.25) is 0 Å². The lowest BCUT2D eigenvalue weighted by Gasteiger charge is -2.37. The number of carbonyl (C=O) groups excluding carboxylic acids is 1. The zero-order chi connectivity index (χ0) is 21.0. The molecule has 0 bridgehead atoms. The third-order valence-corrected chi connectivity index (χ3v) is 6.36. The van der Waals surface area contributed by atoms with Crippen molar-refractivity contribution in [1.29, 1.82) is 5.26 Å². The zero-order valence-electron chi connectivity index (χ0n) is 16.4. The van der Waals surface area contributed by atoms with Crippen molar-refractivity contribution in [3.8, 4) is 6.07 Å². The Morgan fingerprint density at radius 2 is 1.69 bits per heavy atom. The molecule has 1 aromatic rings. The van der Waals surface area contributed by atoms with Crippen molar-refractivity contribution in [2.75, 3.05) is 37.6 Å². The Labute approximate surface area is 169 Å². The maximum Gasteiger partial charge on any atom is 0.235 e. The molecule has 8 heteroatoms. The zero-order valence-corrected chi connectivity index (χ0v) is 16.4. The largest absolute Gasteiger partial charge is 0.369 e. The summed E-state index contributed by atoms with van der Waals surface area (Å²) in [5, 5.41) is 9.11. The number of nitrogens with zero attached hydrogens (tertiary/aromatic N) is 3. The lowest BCUT2D eigenvalue weighted by molar-refractivity contribution is -0.122. The lowest BCUT2D eigenvalue weighted by atomic mass is 9.75. The fourth-order valence-electron chi connectivity index (χ4n) is 4.54. The van der Waals surface area contributed by atoms with E-state index in [1.807, 2.05) is 6.07 Å². The molecule has 3 rings (SSSR count). The summed E-state index contributed by atoms with van der Waals surface area (Å²) >= 11 is 0.